The van der Waals surface area contributed by atoms with Crippen LogP contribution in [0.15, 0.2) is 12.1 Å². The maximum absolute atomic E-state index is 13.7. The Morgan fingerprint density at radius 2 is 2.00 bits per heavy atom. The van der Waals surface area contributed by atoms with Crippen LogP contribution in [-0.4, -0.2) is 9.55 Å². The van der Waals surface area contributed by atoms with E-state index in [0.717, 1.165) is 25.3 Å². The first-order chi connectivity index (χ1) is 9.54. The van der Waals surface area contributed by atoms with E-state index in [1.165, 1.54) is 18.9 Å². The average Bonchev–Trinajstić information content (AvgIpc) is 2.71. The van der Waals surface area contributed by atoms with Crippen LogP contribution in [0.5, 0.6) is 0 Å². The van der Waals surface area contributed by atoms with Gasteiger partial charge in [0.05, 0.1) is 5.52 Å². The third-order valence-corrected chi connectivity index (χ3v) is 3.66. The molecule has 0 aliphatic carbocycles. The highest BCUT2D eigenvalue weighted by atomic mass is 19.1. The maximum atomic E-state index is 13.7. The quantitative estimate of drug-likeness (QED) is 0.796. The Kier molecular flexibility index (Phi) is 4.57. The lowest BCUT2D eigenvalue weighted by atomic mass is 10.1. The molecule has 20 heavy (non-hydrogen) atoms. The molecule has 5 heteroatoms. The van der Waals surface area contributed by atoms with E-state index < -0.39 is 11.6 Å². The highest BCUT2D eigenvalue weighted by molar-refractivity contribution is 5.79. The Hall–Kier alpha value is -1.65. The zero-order valence-corrected chi connectivity index (χ0v) is 12.0. The van der Waals surface area contributed by atoms with Crippen LogP contribution in [0.1, 0.15) is 52.0 Å². The predicted octanol–water partition coefficient (Wildman–Crippen LogP) is 4.43. The molecule has 2 aromatic rings. The van der Waals surface area contributed by atoms with Gasteiger partial charge in [-0.1, -0.05) is 32.6 Å². The molecule has 110 valence electrons. The number of unbranched alkanes of at least 4 members (excludes halogenated alkanes) is 3. The van der Waals surface area contributed by atoms with Crippen molar-refractivity contribution in [1.82, 2.24) is 9.55 Å². The van der Waals surface area contributed by atoms with Crippen LogP contribution in [-0.2, 0) is 0 Å². The molecular weight excluding hydrogens is 260 g/mol. The number of imidazole rings is 1. The number of nitrogens with zero attached hydrogens (tertiary/aromatic N) is 2. The van der Waals surface area contributed by atoms with Crippen LogP contribution in [0, 0.1) is 11.6 Å². The number of hydrogen-bond donors (Lipinski definition) is 1. The third-order valence-electron chi connectivity index (χ3n) is 3.66. The standard InChI is InChI=1S/C15H21F2N3/c1-3-4-5-6-7-10(2)20-13-9-11(16)8-12(17)14(13)19-15(20)18/h8-10H,3-7H2,1-2H3,(H2,18,19). The van der Waals surface area contributed by atoms with Gasteiger partial charge in [-0.05, 0) is 13.3 Å². The number of nitrogens with two attached hydrogens (primary N) is 1. The minimum absolute atomic E-state index is 0.0815. The van der Waals surface area contributed by atoms with Gasteiger partial charge in [0, 0.05) is 18.2 Å². The van der Waals surface area contributed by atoms with Crippen molar-refractivity contribution in [3.05, 3.63) is 23.8 Å². The van der Waals surface area contributed by atoms with Crippen molar-refractivity contribution in [2.45, 2.75) is 52.0 Å². The van der Waals surface area contributed by atoms with E-state index in [1.807, 2.05) is 6.92 Å². The van der Waals surface area contributed by atoms with Gasteiger partial charge in [0.15, 0.2) is 5.82 Å². The molecule has 2 N–H and O–H groups in total. The average molecular weight is 281 g/mol. The van der Waals surface area contributed by atoms with Crippen molar-refractivity contribution >= 4 is 17.0 Å². The summed E-state index contributed by atoms with van der Waals surface area (Å²) in [5, 5.41) is 0. The summed E-state index contributed by atoms with van der Waals surface area (Å²) in [5.41, 5.74) is 6.44. The van der Waals surface area contributed by atoms with Crippen molar-refractivity contribution in [2.75, 3.05) is 5.73 Å². The Balaban J connectivity index is 2.26. The number of hydrogen-bond acceptors (Lipinski definition) is 2. The summed E-state index contributed by atoms with van der Waals surface area (Å²) in [6.07, 6.45) is 5.55. The lowest BCUT2D eigenvalue weighted by molar-refractivity contribution is 0.485. The van der Waals surface area contributed by atoms with Crippen LogP contribution in [0.25, 0.3) is 11.0 Å². The van der Waals surface area contributed by atoms with Crippen molar-refractivity contribution in [1.29, 1.82) is 0 Å². The summed E-state index contributed by atoms with van der Waals surface area (Å²) in [5.74, 6) is -1.02. The molecule has 3 nitrogen and oxygen atoms in total. The van der Waals surface area contributed by atoms with Crippen LogP contribution in [0.4, 0.5) is 14.7 Å². The molecule has 1 unspecified atom stereocenters. The molecule has 1 atom stereocenters. The van der Waals surface area contributed by atoms with Gasteiger partial charge in [-0.25, -0.2) is 13.8 Å². The number of anilines is 1. The highest BCUT2D eigenvalue weighted by Crippen LogP contribution is 2.28. The normalized spacial score (nSPS) is 13.0. The molecular formula is C15H21F2N3. The van der Waals surface area contributed by atoms with E-state index in [-0.39, 0.29) is 17.5 Å². The largest absolute Gasteiger partial charge is 0.369 e. The molecule has 0 aliphatic rings. The Bertz CT molecular complexity index is 592. The fourth-order valence-electron chi connectivity index (χ4n) is 2.60. The molecule has 0 saturated carbocycles. The first kappa shape index (κ1) is 14.8. The van der Waals surface area contributed by atoms with E-state index in [9.17, 15) is 8.78 Å². The summed E-state index contributed by atoms with van der Waals surface area (Å²) in [6.45, 7) is 4.17. The minimum atomic E-state index is -0.663. The monoisotopic (exact) mass is 281 g/mol. The fraction of sp³-hybridized carbons (Fsp3) is 0.533. The van der Waals surface area contributed by atoms with Crippen molar-refractivity contribution in [2.24, 2.45) is 0 Å². The number of aromatic nitrogens is 2. The zero-order chi connectivity index (χ0) is 14.7. The Labute approximate surface area is 117 Å². The zero-order valence-electron chi connectivity index (χ0n) is 12.0. The topological polar surface area (TPSA) is 43.8 Å². The molecule has 0 spiro atoms. The SMILES string of the molecule is CCCCCCC(C)n1c(N)nc2c(F)cc(F)cc21. The molecule has 1 heterocycles. The predicted molar refractivity (Wildman–Crippen MR) is 77.5 cm³/mol. The van der Waals surface area contributed by atoms with E-state index in [0.29, 0.717) is 5.52 Å². The number of benzene rings is 1. The maximum Gasteiger partial charge on any atom is 0.201 e. The lowest BCUT2D eigenvalue weighted by Crippen LogP contribution is -2.09. The number of halogens is 2. The van der Waals surface area contributed by atoms with Gasteiger partial charge < -0.3 is 10.3 Å². The van der Waals surface area contributed by atoms with Gasteiger partial charge in [-0.15, -0.1) is 0 Å². The molecule has 0 amide bonds. The molecule has 2 rings (SSSR count). The van der Waals surface area contributed by atoms with E-state index in [1.54, 1.807) is 4.57 Å². The van der Waals surface area contributed by atoms with Crippen molar-refractivity contribution in [3.63, 3.8) is 0 Å². The van der Waals surface area contributed by atoms with Gasteiger partial charge in [0.25, 0.3) is 0 Å². The van der Waals surface area contributed by atoms with E-state index >= 15 is 0 Å². The second-order valence-electron chi connectivity index (χ2n) is 5.29. The van der Waals surface area contributed by atoms with Crippen LogP contribution >= 0.6 is 0 Å². The third kappa shape index (κ3) is 2.92. The molecule has 0 bridgehead atoms. The van der Waals surface area contributed by atoms with Crippen molar-refractivity contribution < 1.29 is 8.78 Å². The van der Waals surface area contributed by atoms with Gasteiger partial charge in [-0.3, -0.25) is 0 Å². The van der Waals surface area contributed by atoms with Crippen LogP contribution < -0.4 is 5.73 Å². The smallest absolute Gasteiger partial charge is 0.201 e. The molecule has 1 aromatic heterocycles. The highest BCUT2D eigenvalue weighted by Gasteiger charge is 2.17. The first-order valence-electron chi connectivity index (χ1n) is 7.17. The number of fused-ring (bicyclic) bond motifs is 1. The lowest BCUT2D eigenvalue weighted by Gasteiger charge is -2.16. The van der Waals surface area contributed by atoms with Gasteiger partial charge in [0.1, 0.15) is 11.3 Å². The second-order valence-corrected chi connectivity index (χ2v) is 5.29. The summed E-state index contributed by atoms with van der Waals surface area (Å²) in [4.78, 5) is 4.02. The molecule has 1 aromatic carbocycles. The Morgan fingerprint density at radius 1 is 1.25 bits per heavy atom. The van der Waals surface area contributed by atoms with Gasteiger partial charge >= 0.3 is 0 Å². The second kappa shape index (κ2) is 6.20. The van der Waals surface area contributed by atoms with E-state index in [4.69, 9.17) is 5.73 Å². The number of rotatable bonds is 6. The van der Waals surface area contributed by atoms with Crippen molar-refractivity contribution in [3.8, 4) is 0 Å². The minimum Gasteiger partial charge on any atom is -0.369 e. The van der Waals surface area contributed by atoms with Gasteiger partial charge in [-0.2, -0.15) is 0 Å². The summed E-state index contributed by atoms with van der Waals surface area (Å²) in [7, 11) is 0. The summed E-state index contributed by atoms with van der Waals surface area (Å²) in [6, 6.07) is 2.22. The molecule has 0 aliphatic heterocycles. The van der Waals surface area contributed by atoms with Crippen LogP contribution in [0.3, 0.4) is 0 Å². The first-order valence-corrected chi connectivity index (χ1v) is 7.17. The van der Waals surface area contributed by atoms with Crippen LogP contribution in [0.2, 0.25) is 0 Å². The Morgan fingerprint density at radius 3 is 2.70 bits per heavy atom. The summed E-state index contributed by atoms with van der Waals surface area (Å²) < 4.78 is 28.8. The summed E-state index contributed by atoms with van der Waals surface area (Å²) >= 11 is 0. The molecule has 0 saturated heterocycles. The van der Waals surface area contributed by atoms with Gasteiger partial charge in [0.2, 0.25) is 5.95 Å². The fourth-order valence-corrected chi connectivity index (χ4v) is 2.60. The molecule has 0 fully saturated rings. The van der Waals surface area contributed by atoms with E-state index in [2.05, 4.69) is 11.9 Å². The molecule has 0 radical (unpaired) electrons. The number of nitrogen functional groups attached to an aromatic ring is 1.